The van der Waals surface area contributed by atoms with Crippen molar-refractivity contribution in [2.75, 3.05) is 18.5 Å². The maximum absolute atomic E-state index is 11.8. The number of pyridine rings is 1. The Kier molecular flexibility index (Phi) is 7.37. The third kappa shape index (κ3) is 5.69. The standard InChI is InChI=1S/C27H37N5O3/c1-17(23-6-2-4-20-16-29-32-25(20)23)30-24(27(33)34)11-13-35-22-14-18(15-22)7-9-21-10-8-19-5-3-12-28-26(19)31-21/h8,10,16,18,22-24,30H,1-7,9,11-15H2,(H,28,31)(H,29,32)(H,33,34)/t18-,22-,23?,24-/m0/s1. The SMILES string of the molecule is C=C(N[C@@H](CCO[C@H]1C[C@H](CCc2ccc3c(n2)NCCC3)C1)C(=O)O)C1CCCc2cn[nH]c21. The summed E-state index contributed by atoms with van der Waals surface area (Å²) in [6.45, 7) is 5.61. The number of hydrogen-bond acceptors (Lipinski definition) is 6. The molecule has 3 heterocycles. The lowest BCUT2D eigenvalue weighted by atomic mass is 9.79. The number of aromatic nitrogens is 3. The zero-order chi connectivity index (χ0) is 24.2. The van der Waals surface area contributed by atoms with Crippen LogP contribution in [0.4, 0.5) is 5.82 Å². The number of fused-ring (bicyclic) bond motifs is 2. The van der Waals surface area contributed by atoms with E-state index in [1.54, 1.807) is 0 Å². The van der Waals surface area contributed by atoms with E-state index in [2.05, 4.69) is 39.5 Å². The molecule has 0 saturated heterocycles. The number of nitrogens with one attached hydrogen (secondary N) is 3. The van der Waals surface area contributed by atoms with Crippen molar-refractivity contribution in [3.8, 4) is 0 Å². The minimum Gasteiger partial charge on any atom is -0.480 e. The Hall–Kier alpha value is -2.87. The zero-order valence-electron chi connectivity index (χ0n) is 20.4. The summed E-state index contributed by atoms with van der Waals surface area (Å²) in [6.07, 6.45) is 12.1. The summed E-state index contributed by atoms with van der Waals surface area (Å²) in [5, 5.41) is 23.5. The lowest BCUT2D eigenvalue weighted by molar-refractivity contribution is -0.140. The lowest BCUT2D eigenvalue weighted by Crippen LogP contribution is -2.39. The Bertz CT molecular complexity index is 1050. The number of allylic oxidation sites excluding steroid dienone is 1. The molecule has 188 valence electrons. The minimum atomic E-state index is -0.867. The fraction of sp³-hybridized carbons (Fsp3) is 0.593. The average molecular weight is 480 g/mol. The van der Waals surface area contributed by atoms with Gasteiger partial charge in [0, 0.05) is 42.6 Å². The van der Waals surface area contributed by atoms with Gasteiger partial charge in [0.2, 0.25) is 0 Å². The number of aromatic amines is 1. The quantitative estimate of drug-likeness (QED) is 0.386. The van der Waals surface area contributed by atoms with Gasteiger partial charge in [0.05, 0.1) is 12.3 Å². The molecule has 0 amide bonds. The molecule has 3 aliphatic rings. The number of carboxylic acids is 1. The van der Waals surface area contributed by atoms with E-state index in [1.165, 1.54) is 23.2 Å². The Balaban J connectivity index is 1.01. The first-order chi connectivity index (χ1) is 17.1. The predicted octanol–water partition coefficient (Wildman–Crippen LogP) is 3.96. The van der Waals surface area contributed by atoms with Gasteiger partial charge in [-0.25, -0.2) is 9.78 Å². The molecule has 0 aromatic carbocycles. The van der Waals surface area contributed by atoms with Crippen LogP contribution in [-0.4, -0.2) is 51.6 Å². The molecule has 1 saturated carbocycles. The van der Waals surface area contributed by atoms with E-state index in [0.717, 1.165) is 75.1 Å². The maximum atomic E-state index is 11.8. The molecule has 2 atom stereocenters. The lowest BCUT2D eigenvalue weighted by Gasteiger charge is -2.35. The highest BCUT2D eigenvalue weighted by molar-refractivity contribution is 5.73. The molecule has 0 radical (unpaired) electrons. The van der Waals surface area contributed by atoms with Crippen LogP contribution in [0.2, 0.25) is 0 Å². The summed E-state index contributed by atoms with van der Waals surface area (Å²) >= 11 is 0. The summed E-state index contributed by atoms with van der Waals surface area (Å²) in [7, 11) is 0. The maximum Gasteiger partial charge on any atom is 0.326 e. The predicted molar refractivity (Wildman–Crippen MR) is 134 cm³/mol. The first-order valence-corrected chi connectivity index (χ1v) is 13.1. The fourth-order valence-corrected chi connectivity index (χ4v) is 5.65. The second kappa shape index (κ2) is 10.8. The normalized spacial score (nSPS) is 23.8. The van der Waals surface area contributed by atoms with Crippen molar-refractivity contribution < 1.29 is 14.6 Å². The number of ether oxygens (including phenoxy) is 1. The first kappa shape index (κ1) is 23.9. The number of anilines is 1. The minimum absolute atomic E-state index is 0.0804. The number of carbonyl (C=O) groups is 1. The summed E-state index contributed by atoms with van der Waals surface area (Å²) in [6, 6.07) is 3.70. The molecule has 8 heteroatoms. The van der Waals surface area contributed by atoms with Gasteiger partial charge in [-0.1, -0.05) is 12.6 Å². The molecule has 5 rings (SSSR count). The number of H-pyrrole nitrogens is 1. The Labute approximate surface area is 207 Å². The number of rotatable bonds is 11. The van der Waals surface area contributed by atoms with Crippen molar-refractivity contribution in [2.45, 2.75) is 82.3 Å². The van der Waals surface area contributed by atoms with Crippen LogP contribution in [0, 0.1) is 5.92 Å². The molecule has 8 nitrogen and oxygen atoms in total. The smallest absolute Gasteiger partial charge is 0.326 e. The second-order valence-corrected chi connectivity index (χ2v) is 10.3. The van der Waals surface area contributed by atoms with Crippen LogP contribution < -0.4 is 10.6 Å². The number of aryl methyl sites for hydroxylation is 3. The van der Waals surface area contributed by atoms with Crippen LogP contribution in [0.1, 0.15) is 73.4 Å². The van der Waals surface area contributed by atoms with E-state index in [-0.39, 0.29) is 12.0 Å². The van der Waals surface area contributed by atoms with E-state index >= 15 is 0 Å². The van der Waals surface area contributed by atoms with Crippen molar-refractivity contribution in [3.63, 3.8) is 0 Å². The summed E-state index contributed by atoms with van der Waals surface area (Å²) in [4.78, 5) is 16.6. The van der Waals surface area contributed by atoms with Gasteiger partial charge in [0.15, 0.2) is 0 Å². The molecule has 2 aliphatic carbocycles. The summed E-state index contributed by atoms with van der Waals surface area (Å²) in [5.74, 6) is 0.945. The van der Waals surface area contributed by atoms with Crippen LogP contribution in [0.5, 0.6) is 0 Å². The molecule has 35 heavy (non-hydrogen) atoms. The Morgan fingerprint density at radius 2 is 2.11 bits per heavy atom. The first-order valence-electron chi connectivity index (χ1n) is 13.1. The van der Waals surface area contributed by atoms with Gasteiger partial charge in [-0.2, -0.15) is 5.10 Å². The van der Waals surface area contributed by atoms with E-state index < -0.39 is 12.0 Å². The number of carboxylic acid groups (broad SMARTS) is 1. The van der Waals surface area contributed by atoms with Crippen molar-refractivity contribution in [1.29, 1.82) is 0 Å². The van der Waals surface area contributed by atoms with Gasteiger partial charge >= 0.3 is 5.97 Å². The Morgan fingerprint density at radius 1 is 1.26 bits per heavy atom. The monoisotopic (exact) mass is 479 g/mol. The van der Waals surface area contributed by atoms with Crippen LogP contribution in [0.15, 0.2) is 30.6 Å². The van der Waals surface area contributed by atoms with E-state index in [9.17, 15) is 9.90 Å². The zero-order valence-corrected chi connectivity index (χ0v) is 20.4. The number of nitrogens with zero attached hydrogens (tertiary/aromatic N) is 2. The molecule has 2 aromatic rings. The van der Waals surface area contributed by atoms with Gasteiger partial charge in [-0.3, -0.25) is 5.10 Å². The van der Waals surface area contributed by atoms with Gasteiger partial charge < -0.3 is 20.5 Å². The highest BCUT2D eigenvalue weighted by atomic mass is 16.5. The largest absolute Gasteiger partial charge is 0.480 e. The van der Waals surface area contributed by atoms with Gasteiger partial charge in [0.25, 0.3) is 0 Å². The molecule has 1 fully saturated rings. The number of hydrogen-bond donors (Lipinski definition) is 4. The highest BCUT2D eigenvalue weighted by Gasteiger charge is 2.31. The van der Waals surface area contributed by atoms with Crippen LogP contribution >= 0.6 is 0 Å². The molecule has 1 aliphatic heterocycles. The number of aliphatic carboxylic acids is 1. The average Bonchev–Trinajstić information content (AvgIpc) is 3.32. The molecular weight excluding hydrogens is 442 g/mol. The molecule has 2 aromatic heterocycles. The third-order valence-electron chi connectivity index (χ3n) is 7.83. The van der Waals surface area contributed by atoms with Crippen LogP contribution in [0.25, 0.3) is 0 Å². The molecule has 1 unspecified atom stereocenters. The van der Waals surface area contributed by atoms with Gasteiger partial charge in [-0.15, -0.1) is 0 Å². The fourth-order valence-electron chi connectivity index (χ4n) is 5.65. The van der Waals surface area contributed by atoms with Crippen molar-refractivity contribution in [1.82, 2.24) is 20.5 Å². The second-order valence-electron chi connectivity index (χ2n) is 10.3. The van der Waals surface area contributed by atoms with Gasteiger partial charge in [-0.05, 0) is 80.9 Å². The molecule has 0 spiro atoms. The molecule has 4 N–H and O–H groups in total. The van der Waals surface area contributed by atoms with Crippen molar-refractivity contribution in [3.05, 3.63) is 53.1 Å². The molecule has 0 bridgehead atoms. The van der Waals surface area contributed by atoms with E-state index in [0.29, 0.717) is 18.9 Å². The van der Waals surface area contributed by atoms with Crippen LogP contribution in [0.3, 0.4) is 0 Å². The Morgan fingerprint density at radius 3 is 2.97 bits per heavy atom. The summed E-state index contributed by atoms with van der Waals surface area (Å²) in [5.41, 5.74) is 5.52. The third-order valence-corrected chi connectivity index (χ3v) is 7.83. The van der Waals surface area contributed by atoms with Gasteiger partial charge in [0.1, 0.15) is 11.9 Å². The van der Waals surface area contributed by atoms with Crippen LogP contribution in [-0.2, 0) is 28.8 Å². The molecular formula is C27H37N5O3. The van der Waals surface area contributed by atoms with Crippen molar-refractivity contribution >= 4 is 11.8 Å². The van der Waals surface area contributed by atoms with E-state index in [4.69, 9.17) is 9.72 Å². The highest BCUT2D eigenvalue weighted by Crippen LogP contribution is 2.35. The summed E-state index contributed by atoms with van der Waals surface area (Å²) < 4.78 is 6.01. The van der Waals surface area contributed by atoms with Crippen molar-refractivity contribution in [2.24, 2.45) is 5.92 Å². The van der Waals surface area contributed by atoms with E-state index in [1.807, 2.05) is 6.20 Å². The topological polar surface area (TPSA) is 112 Å².